The molecule has 2 aromatic heterocycles. The van der Waals surface area contributed by atoms with E-state index >= 15 is 0 Å². The fourth-order valence-electron chi connectivity index (χ4n) is 1.80. The molecule has 0 radical (unpaired) electrons. The van der Waals surface area contributed by atoms with E-state index in [0.717, 1.165) is 17.7 Å². The van der Waals surface area contributed by atoms with Gasteiger partial charge in [0.25, 0.3) is 0 Å². The molecule has 2 aromatic rings. The van der Waals surface area contributed by atoms with Crippen LogP contribution in [0.2, 0.25) is 0 Å². The van der Waals surface area contributed by atoms with Crippen LogP contribution in [0.4, 0.5) is 5.69 Å². The molecule has 0 aliphatic carbocycles. The minimum absolute atomic E-state index is 0.0340. The van der Waals surface area contributed by atoms with Crippen LogP contribution in [0.1, 0.15) is 31.3 Å². The summed E-state index contributed by atoms with van der Waals surface area (Å²) < 4.78 is 1.83. The van der Waals surface area contributed by atoms with Gasteiger partial charge in [0, 0.05) is 36.0 Å². The minimum atomic E-state index is -0.108. The Morgan fingerprint density at radius 2 is 2.11 bits per heavy atom. The van der Waals surface area contributed by atoms with E-state index in [1.807, 2.05) is 31.6 Å². The van der Waals surface area contributed by atoms with Crippen LogP contribution in [0.25, 0.3) is 11.1 Å². The molecule has 2 heterocycles. The molecular formula is C14H18N4O. The average molecular weight is 258 g/mol. The molecule has 0 unspecified atom stereocenters. The molecule has 2 rings (SSSR count). The topological polar surface area (TPSA) is 73.8 Å². The third-order valence-corrected chi connectivity index (χ3v) is 2.97. The van der Waals surface area contributed by atoms with Crippen LogP contribution in [0, 0.1) is 5.92 Å². The molecule has 19 heavy (non-hydrogen) atoms. The lowest BCUT2D eigenvalue weighted by Gasteiger charge is -2.07. The summed E-state index contributed by atoms with van der Waals surface area (Å²) >= 11 is 0. The van der Waals surface area contributed by atoms with Gasteiger partial charge < -0.3 is 5.73 Å². The summed E-state index contributed by atoms with van der Waals surface area (Å²) in [6.07, 6.45) is 5.37. The summed E-state index contributed by atoms with van der Waals surface area (Å²) in [7, 11) is 0. The highest BCUT2D eigenvalue weighted by Crippen LogP contribution is 2.23. The van der Waals surface area contributed by atoms with Gasteiger partial charge >= 0.3 is 0 Å². The molecule has 0 aromatic carbocycles. The van der Waals surface area contributed by atoms with Crippen molar-refractivity contribution in [3.8, 4) is 11.1 Å². The first kappa shape index (κ1) is 13.3. The second kappa shape index (κ2) is 5.22. The highest BCUT2D eigenvalue weighted by atomic mass is 16.1. The molecule has 0 saturated carbocycles. The maximum Gasteiger partial charge on any atom is 0.185 e. The van der Waals surface area contributed by atoms with Crippen LogP contribution in [0.5, 0.6) is 0 Å². The van der Waals surface area contributed by atoms with Crippen LogP contribution in [0.3, 0.4) is 0 Å². The Kier molecular flexibility index (Phi) is 3.64. The molecule has 0 fully saturated rings. The number of Topliss-reactive ketones (excluding diaryl/α,β-unsaturated/α-hetero) is 1. The number of ketones is 1. The third kappa shape index (κ3) is 2.65. The van der Waals surface area contributed by atoms with E-state index in [-0.39, 0.29) is 11.7 Å². The van der Waals surface area contributed by atoms with Crippen molar-refractivity contribution in [2.75, 3.05) is 5.73 Å². The van der Waals surface area contributed by atoms with Gasteiger partial charge in [-0.2, -0.15) is 5.10 Å². The molecule has 5 nitrogen and oxygen atoms in total. The van der Waals surface area contributed by atoms with Gasteiger partial charge in [0.05, 0.1) is 11.9 Å². The number of carbonyl (C=O) groups excluding carboxylic acids is 1. The van der Waals surface area contributed by atoms with Crippen molar-refractivity contribution in [1.82, 2.24) is 14.8 Å². The first-order valence-corrected chi connectivity index (χ1v) is 6.35. The maximum absolute atomic E-state index is 11.9. The Hall–Kier alpha value is -2.17. The Labute approximate surface area is 112 Å². The van der Waals surface area contributed by atoms with Gasteiger partial charge in [0.1, 0.15) is 5.69 Å². The van der Waals surface area contributed by atoms with Crippen molar-refractivity contribution in [3.05, 3.63) is 30.4 Å². The lowest BCUT2D eigenvalue weighted by Crippen LogP contribution is -2.12. The van der Waals surface area contributed by atoms with Crippen molar-refractivity contribution in [3.63, 3.8) is 0 Å². The largest absolute Gasteiger partial charge is 0.397 e. The number of nitrogens with two attached hydrogens (primary N) is 1. The summed E-state index contributed by atoms with van der Waals surface area (Å²) in [6, 6.07) is 1.78. The molecule has 0 atom stereocenters. The van der Waals surface area contributed by atoms with E-state index in [0.29, 0.717) is 11.4 Å². The summed E-state index contributed by atoms with van der Waals surface area (Å²) in [5.74, 6) is -0.142. The van der Waals surface area contributed by atoms with Gasteiger partial charge in [0.2, 0.25) is 0 Å². The van der Waals surface area contributed by atoms with Gasteiger partial charge in [0.15, 0.2) is 5.78 Å². The molecule has 100 valence electrons. The number of aryl methyl sites for hydroxylation is 1. The van der Waals surface area contributed by atoms with Crippen molar-refractivity contribution in [2.45, 2.75) is 27.3 Å². The highest BCUT2D eigenvalue weighted by Gasteiger charge is 2.16. The molecule has 0 saturated heterocycles. The van der Waals surface area contributed by atoms with Crippen LogP contribution in [0.15, 0.2) is 24.7 Å². The molecule has 0 spiro atoms. The number of pyridine rings is 1. The number of rotatable bonds is 4. The summed E-state index contributed by atoms with van der Waals surface area (Å²) in [6.45, 7) is 6.51. The van der Waals surface area contributed by atoms with E-state index in [1.165, 1.54) is 0 Å². The lowest BCUT2D eigenvalue weighted by atomic mass is 10.0. The quantitative estimate of drug-likeness (QED) is 0.854. The zero-order chi connectivity index (χ0) is 14.0. The van der Waals surface area contributed by atoms with Crippen molar-refractivity contribution in [1.29, 1.82) is 0 Å². The van der Waals surface area contributed by atoms with E-state index in [4.69, 9.17) is 5.73 Å². The van der Waals surface area contributed by atoms with Gasteiger partial charge in [-0.1, -0.05) is 13.8 Å². The van der Waals surface area contributed by atoms with Crippen molar-refractivity contribution >= 4 is 11.5 Å². The van der Waals surface area contributed by atoms with Gasteiger partial charge in [-0.15, -0.1) is 0 Å². The fourth-order valence-corrected chi connectivity index (χ4v) is 1.80. The highest BCUT2D eigenvalue weighted by molar-refractivity contribution is 6.00. The predicted octanol–water partition coefficient (Wildman–Crippen LogP) is 2.39. The summed E-state index contributed by atoms with van der Waals surface area (Å²) in [4.78, 5) is 16.1. The van der Waals surface area contributed by atoms with Gasteiger partial charge in [-0.3, -0.25) is 14.5 Å². The fraction of sp³-hybridized carbons (Fsp3) is 0.357. The number of hydrogen-bond donors (Lipinski definition) is 1. The number of aromatic nitrogens is 3. The summed E-state index contributed by atoms with van der Waals surface area (Å²) in [5, 5.41) is 4.21. The normalized spacial score (nSPS) is 10.9. The van der Waals surface area contributed by atoms with Crippen LogP contribution < -0.4 is 5.73 Å². The Morgan fingerprint density at radius 3 is 2.63 bits per heavy atom. The van der Waals surface area contributed by atoms with Crippen molar-refractivity contribution < 1.29 is 4.79 Å². The number of nitrogen functional groups attached to an aromatic ring is 1. The van der Waals surface area contributed by atoms with Gasteiger partial charge in [-0.05, 0) is 13.0 Å². The first-order chi connectivity index (χ1) is 9.02. The zero-order valence-electron chi connectivity index (χ0n) is 11.4. The third-order valence-electron chi connectivity index (χ3n) is 2.97. The zero-order valence-corrected chi connectivity index (χ0v) is 11.4. The molecule has 2 N–H and O–H groups in total. The molecule has 0 aliphatic heterocycles. The van der Waals surface area contributed by atoms with Gasteiger partial charge in [-0.25, -0.2) is 0 Å². The molecular weight excluding hydrogens is 240 g/mol. The van der Waals surface area contributed by atoms with Crippen molar-refractivity contribution in [2.24, 2.45) is 5.92 Å². The van der Waals surface area contributed by atoms with Crippen LogP contribution in [-0.4, -0.2) is 20.5 Å². The second-order valence-electron chi connectivity index (χ2n) is 4.77. The maximum atomic E-state index is 11.9. The first-order valence-electron chi connectivity index (χ1n) is 6.35. The van der Waals surface area contributed by atoms with Crippen LogP contribution >= 0.6 is 0 Å². The number of anilines is 1. The standard InChI is InChI=1S/C14H18N4O/c1-4-18-8-11(7-17-18)10-5-12(15)13(16-6-10)14(19)9(2)3/h5-9H,4,15H2,1-3H3. The smallest absolute Gasteiger partial charge is 0.185 e. The summed E-state index contributed by atoms with van der Waals surface area (Å²) in [5.41, 5.74) is 8.51. The van der Waals surface area contributed by atoms with Crippen LogP contribution in [-0.2, 0) is 6.54 Å². The number of hydrogen-bond acceptors (Lipinski definition) is 4. The molecule has 0 bridgehead atoms. The molecule has 5 heteroatoms. The predicted molar refractivity (Wildman–Crippen MR) is 74.7 cm³/mol. The number of carbonyl (C=O) groups is 1. The monoisotopic (exact) mass is 258 g/mol. The molecule has 0 aliphatic rings. The Morgan fingerprint density at radius 1 is 1.37 bits per heavy atom. The van der Waals surface area contributed by atoms with E-state index in [2.05, 4.69) is 10.1 Å². The lowest BCUT2D eigenvalue weighted by molar-refractivity contribution is 0.0935. The average Bonchev–Trinajstić information content (AvgIpc) is 2.86. The molecule has 0 amide bonds. The number of nitrogens with zero attached hydrogens (tertiary/aromatic N) is 3. The Bertz CT molecular complexity index is 601. The van der Waals surface area contributed by atoms with E-state index < -0.39 is 0 Å². The minimum Gasteiger partial charge on any atom is -0.397 e. The van der Waals surface area contributed by atoms with E-state index in [1.54, 1.807) is 18.5 Å². The van der Waals surface area contributed by atoms with E-state index in [9.17, 15) is 4.79 Å². The second-order valence-corrected chi connectivity index (χ2v) is 4.77. The SMILES string of the molecule is CCn1cc(-c2cnc(C(=O)C(C)C)c(N)c2)cn1. The Balaban J connectivity index is 2.35.